The molecule has 1 amide bonds. The minimum absolute atomic E-state index is 0.0276. The van der Waals surface area contributed by atoms with Gasteiger partial charge < -0.3 is 15.5 Å². The van der Waals surface area contributed by atoms with Crippen LogP contribution in [0.15, 0.2) is 29.6 Å². The highest BCUT2D eigenvalue weighted by molar-refractivity contribution is 7.99. The Morgan fingerprint density at radius 1 is 1.17 bits per heavy atom. The van der Waals surface area contributed by atoms with Crippen LogP contribution in [0.4, 0.5) is 11.8 Å². The summed E-state index contributed by atoms with van der Waals surface area (Å²) in [6.45, 7) is 6.23. The van der Waals surface area contributed by atoms with Crippen LogP contribution < -0.4 is 15.5 Å². The molecular weight excluding hydrogens is 396 g/mol. The zero-order valence-corrected chi connectivity index (χ0v) is 19.3. The van der Waals surface area contributed by atoms with Crippen LogP contribution in [0, 0.1) is 6.92 Å². The largest absolute Gasteiger partial charge is 0.362 e. The van der Waals surface area contributed by atoms with Crippen LogP contribution in [0.2, 0.25) is 0 Å². The molecule has 3 rings (SSSR count). The first-order valence-corrected chi connectivity index (χ1v) is 11.4. The van der Waals surface area contributed by atoms with Gasteiger partial charge in [0.15, 0.2) is 0 Å². The van der Waals surface area contributed by atoms with Crippen LogP contribution >= 0.6 is 11.8 Å². The number of hydrogen-bond donors (Lipinski definition) is 2. The lowest BCUT2D eigenvalue weighted by Gasteiger charge is -2.30. The Kier molecular flexibility index (Phi) is 7.53. The lowest BCUT2D eigenvalue weighted by molar-refractivity contribution is 0.0923. The minimum Gasteiger partial charge on any atom is -0.362 e. The van der Waals surface area contributed by atoms with Gasteiger partial charge in [-0.15, -0.1) is 11.8 Å². The minimum atomic E-state index is -0.0276. The Bertz CT molecular complexity index is 864. The number of carbonyl (C=O) groups excluding carboxylic acids is 1. The monoisotopic (exact) mass is 428 g/mol. The molecule has 1 saturated carbocycles. The van der Waals surface area contributed by atoms with Gasteiger partial charge in [-0.05, 0) is 44.7 Å². The van der Waals surface area contributed by atoms with E-state index in [0.717, 1.165) is 42.1 Å². The van der Waals surface area contributed by atoms with Crippen molar-refractivity contribution in [1.82, 2.24) is 20.3 Å². The molecule has 1 aliphatic carbocycles. The van der Waals surface area contributed by atoms with Gasteiger partial charge in [0.05, 0.1) is 5.56 Å². The summed E-state index contributed by atoms with van der Waals surface area (Å²) in [6, 6.07) is 4.19. The first kappa shape index (κ1) is 22.3. The molecule has 2 aromatic rings. The average Bonchev–Trinajstić information content (AvgIpc) is 2.70. The van der Waals surface area contributed by atoms with E-state index in [9.17, 15) is 4.79 Å². The summed E-state index contributed by atoms with van der Waals surface area (Å²) in [7, 11) is 3.97. The molecule has 8 heteroatoms. The molecule has 30 heavy (non-hydrogen) atoms. The molecule has 2 heterocycles. The lowest BCUT2D eigenvalue weighted by Crippen LogP contribution is -2.40. The summed E-state index contributed by atoms with van der Waals surface area (Å²) >= 11 is 1.62. The van der Waals surface area contributed by atoms with Gasteiger partial charge in [0, 0.05) is 49.4 Å². The molecule has 162 valence electrons. The first-order valence-electron chi connectivity index (χ1n) is 10.5. The third-order valence-electron chi connectivity index (χ3n) is 5.13. The standard InChI is InChI=1S/C22H32N6OS/c1-14(2)30-21-18(7-6-12-23-21)20(29)25-16-8-10-17(11-9-16)26-22-24-13-15(3)19(27-22)28(4)5/h6-7,12-14,16-17H,8-11H2,1-5H3,(H,25,29)(H,24,26,27). The number of aryl methyl sites for hydroxylation is 1. The van der Waals surface area contributed by atoms with E-state index in [1.807, 2.05) is 44.2 Å². The highest BCUT2D eigenvalue weighted by Gasteiger charge is 2.24. The van der Waals surface area contributed by atoms with Gasteiger partial charge in [0.1, 0.15) is 10.8 Å². The third-order valence-corrected chi connectivity index (χ3v) is 6.15. The zero-order valence-electron chi connectivity index (χ0n) is 18.5. The summed E-state index contributed by atoms with van der Waals surface area (Å²) in [5.41, 5.74) is 1.73. The smallest absolute Gasteiger partial charge is 0.254 e. The normalized spacial score (nSPS) is 18.9. The second-order valence-corrected chi connectivity index (χ2v) is 9.85. The Morgan fingerprint density at radius 3 is 2.53 bits per heavy atom. The Hall–Kier alpha value is -2.35. The van der Waals surface area contributed by atoms with E-state index < -0.39 is 0 Å². The fourth-order valence-corrected chi connectivity index (χ4v) is 4.52. The molecule has 0 radical (unpaired) electrons. The van der Waals surface area contributed by atoms with E-state index in [-0.39, 0.29) is 11.9 Å². The number of nitrogens with zero attached hydrogens (tertiary/aromatic N) is 4. The predicted octanol–water partition coefficient (Wildman–Crippen LogP) is 3.90. The number of anilines is 2. The zero-order chi connectivity index (χ0) is 21.7. The van der Waals surface area contributed by atoms with Crippen LogP contribution in [0.25, 0.3) is 0 Å². The Balaban J connectivity index is 1.54. The highest BCUT2D eigenvalue weighted by Crippen LogP contribution is 2.26. The molecule has 0 bridgehead atoms. The summed E-state index contributed by atoms with van der Waals surface area (Å²) in [5.74, 6) is 1.57. The van der Waals surface area contributed by atoms with Gasteiger partial charge in [0.25, 0.3) is 5.91 Å². The van der Waals surface area contributed by atoms with Crippen LogP contribution in [-0.2, 0) is 0 Å². The summed E-state index contributed by atoms with van der Waals surface area (Å²) in [6.07, 6.45) is 7.41. The maximum Gasteiger partial charge on any atom is 0.254 e. The maximum atomic E-state index is 12.8. The van der Waals surface area contributed by atoms with Crippen molar-refractivity contribution < 1.29 is 4.79 Å². The Morgan fingerprint density at radius 2 is 1.87 bits per heavy atom. The molecule has 7 nitrogen and oxygen atoms in total. The molecule has 2 aromatic heterocycles. The van der Waals surface area contributed by atoms with E-state index >= 15 is 0 Å². The van der Waals surface area contributed by atoms with E-state index in [4.69, 9.17) is 0 Å². The fourth-order valence-electron chi connectivity index (χ4n) is 3.66. The van der Waals surface area contributed by atoms with E-state index in [2.05, 4.69) is 39.4 Å². The second kappa shape index (κ2) is 10.1. The summed E-state index contributed by atoms with van der Waals surface area (Å²) in [5, 5.41) is 7.85. The highest BCUT2D eigenvalue weighted by atomic mass is 32.2. The van der Waals surface area contributed by atoms with E-state index in [1.165, 1.54) is 0 Å². The molecule has 0 aliphatic heterocycles. The van der Waals surface area contributed by atoms with Crippen molar-refractivity contribution >= 4 is 29.4 Å². The number of rotatable bonds is 7. The van der Waals surface area contributed by atoms with Gasteiger partial charge in [-0.3, -0.25) is 4.79 Å². The predicted molar refractivity (Wildman–Crippen MR) is 123 cm³/mol. The van der Waals surface area contributed by atoms with Crippen molar-refractivity contribution in [3.05, 3.63) is 35.7 Å². The number of nitrogens with one attached hydrogen (secondary N) is 2. The molecule has 1 fully saturated rings. The van der Waals surface area contributed by atoms with Crippen molar-refractivity contribution in [1.29, 1.82) is 0 Å². The summed E-state index contributed by atoms with van der Waals surface area (Å²) < 4.78 is 0. The van der Waals surface area contributed by atoms with Gasteiger partial charge in [-0.25, -0.2) is 9.97 Å². The number of pyridine rings is 1. The molecular formula is C22H32N6OS. The quantitative estimate of drug-likeness (QED) is 0.647. The van der Waals surface area contributed by atoms with Gasteiger partial charge in [0.2, 0.25) is 5.95 Å². The Labute approximate surface area is 183 Å². The van der Waals surface area contributed by atoms with Crippen molar-refractivity contribution in [3.8, 4) is 0 Å². The van der Waals surface area contributed by atoms with E-state index in [0.29, 0.717) is 22.8 Å². The van der Waals surface area contributed by atoms with Crippen LogP contribution in [0.3, 0.4) is 0 Å². The van der Waals surface area contributed by atoms with Gasteiger partial charge in [-0.2, -0.15) is 4.98 Å². The summed E-state index contributed by atoms with van der Waals surface area (Å²) in [4.78, 5) is 28.3. The molecule has 0 saturated heterocycles. The van der Waals surface area contributed by atoms with Crippen molar-refractivity contribution in [2.24, 2.45) is 0 Å². The van der Waals surface area contributed by atoms with Crippen molar-refractivity contribution in [2.75, 3.05) is 24.3 Å². The van der Waals surface area contributed by atoms with Crippen LogP contribution in [-0.4, -0.2) is 52.3 Å². The maximum absolute atomic E-state index is 12.8. The number of hydrogen-bond acceptors (Lipinski definition) is 7. The lowest BCUT2D eigenvalue weighted by atomic mass is 9.91. The molecule has 1 aliphatic rings. The van der Waals surface area contributed by atoms with Gasteiger partial charge >= 0.3 is 0 Å². The van der Waals surface area contributed by atoms with Crippen molar-refractivity contribution in [3.63, 3.8) is 0 Å². The van der Waals surface area contributed by atoms with Crippen LogP contribution in [0.1, 0.15) is 55.5 Å². The fraction of sp³-hybridized carbons (Fsp3) is 0.545. The third kappa shape index (κ3) is 5.84. The number of thioether (sulfide) groups is 1. The first-order chi connectivity index (χ1) is 14.3. The molecule has 0 aromatic carbocycles. The van der Waals surface area contributed by atoms with Gasteiger partial charge in [-0.1, -0.05) is 13.8 Å². The number of carbonyl (C=O) groups is 1. The number of aromatic nitrogens is 3. The average molecular weight is 429 g/mol. The van der Waals surface area contributed by atoms with Crippen LogP contribution in [0.5, 0.6) is 0 Å². The molecule has 0 atom stereocenters. The number of amides is 1. The molecule has 2 N–H and O–H groups in total. The SMILES string of the molecule is Cc1cnc(NC2CCC(NC(=O)c3cccnc3SC(C)C)CC2)nc1N(C)C. The topological polar surface area (TPSA) is 83.0 Å². The molecule has 0 unspecified atom stereocenters. The van der Waals surface area contributed by atoms with Crippen molar-refractivity contribution in [2.45, 2.75) is 68.8 Å². The van der Waals surface area contributed by atoms with E-state index in [1.54, 1.807) is 18.0 Å². The second-order valence-electron chi connectivity index (χ2n) is 8.28. The molecule has 0 spiro atoms.